The van der Waals surface area contributed by atoms with Crippen molar-refractivity contribution in [2.75, 3.05) is 25.1 Å². The average Bonchev–Trinajstić information content (AvgIpc) is 2.22. The number of anilines is 1. The van der Waals surface area contributed by atoms with Crippen LogP contribution in [0.5, 0.6) is 0 Å². The van der Waals surface area contributed by atoms with Crippen molar-refractivity contribution in [1.29, 1.82) is 0 Å². The monoisotopic (exact) mass is 243 g/mol. The fourth-order valence-corrected chi connectivity index (χ4v) is 1.68. The molecule has 0 aliphatic carbocycles. The lowest BCUT2D eigenvalue weighted by atomic mass is 10.2. The number of aliphatic hydroxyl groups is 1. The van der Waals surface area contributed by atoms with Crippen molar-refractivity contribution in [3.05, 3.63) is 17.0 Å². The van der Waals surface area contributed by atoms with Crippen LogP contribution in [0, 0.1) is 6.92 Å². The van der Waals surface area contributed by atoms with Crippen molar-refractivity contribution >= 4 is 17.4 Å². The van der Waals surface area contributed by atoms with Crippen molar-refractivity contribution in [1.82, 2.24) is 9.97 Å². The quantitative estimate of drug-likeness (QED) is 0.614. The number of hydrogen-bond acceptors (Lipinski definition) is 4. The largest absolute Gasteiger partial charge is 0.396 e. The first-order valence-corrected chi connectivity index (χ1v) is 5.84. The predicted molar refractivity (Wildman–Crippen MR) is 66.0 cm³/mol. The van der Waals surface area contributed by atoms with Gasteiger partial charge in [-0.15, -0.1) is 0 Å². The standard InChI is InChI=1S/C11H18ClN3O/c1-9-8-10(14-11(12)13-9)15(2)6-4-3-5-7-16/h8,16H,3-7H2,1-2H3. The molecule has 0 amide bonds. The molecule has 0 unspecified atom stereocenters. The van der Waals surface area contributed by atoms with Gasteiger partial charge in [-0.1, -0.05) is 0 Å². The molecule has 0 aromatic carbocycles. The van der Waals surface area contributed by atoms with Gasteiger partial charge < -0.3 is 10.0 Å². The third-order valence-corrected chi connectivity index (χ3v) is 2.53. The SMILES string of the molecule is Cc1cc(N(C)CCCCCO)nc(Cl)n1. The predicted octanol–water partition coefficient (Wildman–Crippen LogP) is 2.04. The minimum atomic E-state index is 0.266. The van der Waals surface area contributed by atoms with Crippen LogP contribution in [0.4, 0.5) is 5.82 Å². The van der Waals surface area contributed by atoms with E-state index in [0.29, 0.717) is 0 Å². The summed E-state index contributed by atoms with van der Waals surface area (Å²) >= 11 is 5.80. The van der Waals surface area contributed by atoms with Crippen molar-refractivity contribution < 1.29 is 5.11 Å². The summed E-state index contributed by atoms with van der Waals surface area (Å²) in [6.07, 6.45) is 2.92. The molecule has 1 aromatic rings. The van der Waals surface area contributed by atoms with Crippen molar-refractivity contribution in [3.63, 3.8) is 0 Å². The lowest BCUT2D eigenvalue weighted by molar-refractivity contribution is 0.283. The Hall–Kier alpha value is -0.870. The van der Waals surface area contributed by atoms with Crippen molar-refractivity contribution in [2.24, 2.45) is 0 Å². The van der Waals surface area contributed by atoms with Gasteiger partial charge in [0.1, 0.15) is 5.82 Å². The third-order valence-electron chi connectivity index (χ3n) is 2.36. The molecule has 0 saturated carbocycles. The molecule has 16 heavy (non-hydrogen) atoms. The highest BCUT2D eigenvalue weighted by atomic mass is 35.5. The van der Waals surface area contributed by atoms with Gasteiger partial charge in [0.2, 0.25) is 5.28 Å². The Bertz CT molecular complexity index is 313. The molecule has 1 heterocycles. The average molecular weight is 244 g/mol. The van der Waals surface area contributed by atoms with Gasteiger partial charge in [-0.2, -0.15) is 0 Å². The Morgan fingerprint density at radius 3 is 2.69 bits per heavy atom. The summed E-state index contributed by atoms with van der Waals surface area (Å²) in [5.41, 5.74) is 0.872. The van der Waals surface area contributed by atoms with Gasteiger partial charge in [0.05, 0.1) is 0 Å². The lowest BCUT2D eigenvalue weighted by Crippen LogP contribution is -2.20. The van der Waals surface area contributed by atoms with Crippen molar-refractivity contribution in [3.8, 4) is 0 Å². The fourth-order valence-electron chi connectivity index (χ4n) is 1.46. The summed E-state index contributed by atoms with van der Waals surface area (Å²) in [5, 5.41) is 8.96. The molecule has 0 radical (unpaired) electrons. The van der Waals surface area contributed by atoms with Gasteiger partial charge in [-0.05, 0) is 37.8 Å². The van der Waals surface area contributed by atoms with E-state index in [-0.39, 0.29) is 11.9 Å². The number of aliphatic hydroxyl groups excluding tert-OH is 1. The summed E-state index contributed by atoms with van der Waals surface area (Å²) < 4.78 is 0. The van der Waals surface area contributed by atoms with Gasteiger partial charge >= 0.3 is 0 Å². The van der Waals surface area contributed by atoms with E-state index in [0.717, 1.165) is 37.3 Å². The minimum Gasteiger partial charge on any atom is -0.396 e. The van der Waals surface area contributed by atoms with Crippen LogP contribution < -0.4 is 4.90 Å². The lowest BCUT2D eigenvalue weighted by Gasteiger charge is -2.18. The van der Waals surface area contributed by atoms with Gasteiger partial charge in [0.25, 0.3) is 0 Å². The summed E-state index contributed by atoms with van der Waals surface area (Å²) in [6, 6.07) is 1.91. The second-order valence-corrected chi connectivity index (χ2v) is 4.18. The van der Waals surface area contributed by atoms with E-state index in [9.17, 15) is 0 Å². The number of halogens is 1. The molecule has 4 nitrogen and oxygen atoms in total. The highest BCUT2D eigenvalue weighted by molar-refractivity contribution is 6.28. The van der Waals surface area contributed by atoms with Crippen LogP contribution in [0.25, 0.3) is 0 Å². The van der Waals surface area contributed by atoms with E-state index in [1.54, 1.807) is 0 Å². The van der Waals surface area contributed by atoms with E-state index >= 15 is 0 Å². The van der Waals surface area contributed by atoms with Gasteiger partial charge in [0, 0.05) is 32.0 Å². The Kier molecular flexibility index (Phi) is 5.49. The Balaban J connectivity index is 2.48. The molecule has 0 aliphatic rings. The van der Waals surface area contributed by atoms with E-state index in [1.807, 2.05) is 20.0 Å². The molecule has 1 aromatic heterocycles. The van der Waals surface area contributed by atoms with Crippen LogP contribution >= 0.6 is 11.6 Å². The molecule has 0 aliphatic heterocycles. The van der Waals surface area contributed by atoms with Crippen LogP contribution in [0.3, 0.4) is 0 Å². The zero-order valence-corrected chi connectivity index (χ0v) is 10.5. The zero-order valence-electron chi connectivity index (χ0n) is 9.78. The number of unbranched alkanes of at least 4 members (excludes halogenated alkanes) is 2. The second kappa shape index (κ2) is 6.66. The van der Waals surface area contributed by atoms with E-state index in [4.69, 9.17) is 16.7 Å². The van der Waals surface area contributed by atoms with E-state index in [1.165, 1.54) is 0 Å². The molecule has 5 heteroatoms. The van der Waals surface area contributed by atoms with Gasteiger partial charge in [0.15, 0.2) is 0 Å². The van der Waals surface area contributed by atoms with Gasteiger partial charge in [-0.25, -0.2) is 9.97 Å². The number of rotatable bonds is 6. The summed E-state index contributed by atoms with van der Waals surface area (Å²) in [4.78, 5) is 10.2. The molecule has 0 spiro atoms. The van der Waals surface area contributed by atoms with E-state index < -0.39 is 0 Å². The highest BCUT2D eigenvalue weighted by Gasteiger charge is 2.05. The molecular weight excluding hydrogens is 226 g/mol. The van der Waals surface area contributed by atoms with Crippen LogP contribution in [-0.4, -0.2) is 35.3 Å². The maximum atomic E-state index is 8.67. The van der Waals surface area contributed by atoms with Crippen LogP contribution in [0.15, 0.2) is 6.07 Å². The van der Waals surface area contributed by atoms with Crippen LogP contribution in [0.2, 0.25) is 5.28 Å². The summed E-state index contributed by atoms with van der Waals surface area (Å²) in [5.74, 6) is 0.849. The first kappa shape index (κ1) is 13.2. The van der Waals surface area contributed by atoms with Gasteiger partial charge in [-0.3, -0.25) is 0 Å². The molecule has 0 bridgehead atoms. The first-order valence-electron chi connectivity index (χ1n) is 5.46. The Morgan fingerprint density at radius 1 is 1.31 bits per heavy atom. The maximum Gasteiger partial charge on any atom is 0.224 e. The van der Waals surface area contributed by atoms with Crippen LogP contribution in [-0.2, 0) is 0 Å². The fraction of sp³-hybridized carbons (Fsp3) is 0.636. The number of aromatic nitrogens is 2. The second-order valence-electron chi connectivity index (χ2n) is 3.84. The summed E-state index contributed by atoms with van der Waals surface area (Å²) in [7, 11) is 1.98. The molecule has 1 N–H and O–H groups in total. The molecule has 0 atom stereocenters. The number of hydrogen-bond donors (Lipinski definition) is 1. The molecule has 0 saturated heterocycles. The third kappa shape index (κ3) is 4.33. The Labute approximate surface area is 101 Å². The Morgan fingerprint density at radius 2 is 2.06 bits per heavy atom. The topological polar surface area (TPSA) is 49.2 Å². The minimum absolute atomic E-state index is 0.266. The number of nitrogens with zero attached hydrogens (tertiary/aromatic N) is 3. The number of aryl methyl sites for hydroxylation is 1. The van der Waals surface area contributed by atoms with Crippen LogP contribution in [0.1, 0.15) is 25.0 Å². The molecule has 1 rings (SSSR count). The molecular formula is C11H18ClN3O. The summed E-state index contributed by atoms with van der Waals surface area (Å²) in [6.45, 7) is 3.08. The normalized spacial score (nSPS) is 10.5. The zero-order chi connectivity index (χ0) is 12.0. The first-order chi connectivity index (χ1) is 7.63. The highest BCUT2D eigenvalue weighted by Crippen LogP contribution is 2.14. The van der Waals surface area contributed by atoms with Crippen molar-refractivity contribution in [2.45, 2.75) is 26.2 Å². The molecule has 90 valence electrons. The maximum absolute atomic E-state index is 8.67. The smallest absolute Gasteiger partial charge is 0.224 e. The molecule has 0 fully saturated rings. The van der Waals surface area contributed by atoms with E-state index in [2.05, 4.69) is 14.9 Å².